The molecular formula is C13H25N3O2. The molecule has 0 aromatic rings. The van der Waals surface area contributed by atoms with Crippen LogP contribution in [0.15, 0.2) is 0 Å². The molecule has 0 bridgehead atoms. The van der Waals surface area contributed by atoms with Gasteiger partial charge in [0.1, 0.15) is 0 Å². The van der Waals surface area contributed by atoms with E-state index in [1.807, 2.05) is 19.0 Å². The lowest BCUT2D eigenvalue weighted by Gasteiger charge is -2.29. The number of aliphatic hydroxyl groups excluding tert-OH is 1. The van der Waals surface area contributed by atoms with Gasteiger partial charge >= 0.3 is 0 Å². The Hall–Kier alpha value is -0.650. The number of likely N-dealkylation sites (tertiary alicyclic amines) is 1. The lowest BCUT2D eigenvalue weighted by atomic mass is 10.1. The van der Waals surface area contributed by atoms with E-state index in [2.05, 4.69) is 4.90 Å². The summed E-state index contributed by atoms with van der Waals surface area (Å²) in [6, 6.07) is 0.332. The number of nitrogens with zero attached hydrogens (tertiary/aromatic N) is 2. The average Bonchev–Trinajstić information content (AvgIpc) is 2.83. The minimum absolute atomic E-state index is 0.0787. The van der Waals surface area contributed by atoms with E-state index in [0.29, 0.717) is 13.0 Å². The summed E-state index contributed by atoms with van der Waals surface area (Å²) >= 11 is 0. The van der Waals surface area contributed by atoms with E-state index in [9.17, 15) is 9.90 Å². The monoisotopic (exact) mass is 255 g/mol. The molecule has 4 unspecified atom stereocenters. The molecule has 0 aromatic carbocycles. The number of amides is 1. The molecule has 1 heterocycles. The Balaban J connectivity index is 1.98. The van der Waals surface area contributed by atoms with Gasteiger partial charge in [0.05, 0.1) is 6.10 Å². The average molecular weight is 255 g/mol. The number of rotatable bonds is 3. The van der Waals surface area contributed by atoms with E-state index in [-0.39, 0.29) is 30.0 Å². The van der Waals surface area contributed by atoms with Gasteiger partial charge in [-0.3, -0.25) is 4.79 Å². The molecule has 1 amide bonds. The Morgan fingerprint density at radius 2 is 2.11 bits per heavy atom. The molecule has 5 nitrogen and oxygen atoms in total. The van der Waals surface area contributed by atoms with Crippen molar-refractivity contribution in [1.29, 1.82) is 0 Å². The number of aliphatic hydroxyl groups is 1. The lowest BCUT2D eigenvalue weighted by molar-refractivity contribution is -0.136. The van der Waals surface area contributed by atoms with E-state index in [0.717, 1.165) is 25.8 Å². The lowest BCUT2D eigenvalue weighted by Crippen LogP contribution is -2.44. The summed E-state index contributed by atoms with van der Waals surface area (Å²) < 4.78 is 0. The van der Waals surface area contributed by atoms with Gasteiger partial charge in [0, 0.05) is 31.1 Å². The van der Waals surface area contributed by atoms with Gasteiger partial charge < -0.3 is 20.6 Å². The Morgan fingerprint density at radius 1 is 1.39 bits per heavy atom. The molecule has 2 fully saturated rings. The van der Waals surface area contributed by atoms with E-state index in [1.165, 1.54) is 0 Å². The first kappa shape index (κ1) is 13.8. The largest absolute Gasteiger partial charge is 0.391 e. The first-order valence-corrected chi connectivity index (χ1v) is 6.86. The van der Waals surface area contributed by atoms with Crippen molar-refractivity contribution in [3.8, 4) is 0 Å². The van der Waals surface area contributed by atoms with Gasteiger partial charge in [0.15, 0.2) is 0 Å². The number of carbonyl (C=O) groups is 1. The SMILES string of the molecule is CN(C)CC1CC(O)CN1C(=O)C1CCC(N)C1. The van der Waals surface area contributed by atoms with Crippen molar-refractivity contribution in [2.45, 2.75) is 43.9 Å². The highest BCUT2D eigenvalue weighted by Crippen LogP contribution is 2.29. The molecule has 0 radical (unpaired) electrons. The zero-order valence-electron chi connectivity index (χ0n) is 11.4. The van der Waals surface area contributed by atoms with Crippen LogP contribution in [0.3, 0.4) is 0 Å². The van der Waals surface area contributed by atoms with E-state index in [1.54, 1.807) is 0 Å². The third kappa shape index (κ3) is 3.02. The number of hydrogen-bond donors (Lipinski definition) is 2. The van der Waals surface area contributed by atoms with Gasteiger partial charge in [-0.25, -0.2) is 0 Å². The fraction of sp³-hybridized carbons (Fsp3) is 0.923. The van der Waals surface area contributed by atoms with Gasteiger partial charge in [0.2, 0.25) is 5.91 Å². The van der Waals surface area contributed by atoms with Gasteiger partial charge in [0.25, 0.3) is 0 Å². The molecule has 0 aromatic heterocycles. The van der Waals surface area contributed by atoms with Crippen LogP contribution in [0.5, 0.6) is 0 Å². The second-order valence-corrected chi connectivity index (χ2v) is 6.07. The summed E-state index contributed by atoms with van der Waals surface area (Å²) in [6.45, 7) is 1.31. The number of nitrogens with two attached hydrogens (primary N) is 1. The molecule has 1 saturated carbocycles. The van der Waals surface area contributed by atoms with Crippen molar-refractivity contribution in [3.05, 3.63) is 0 Å². The first-order chi connectivity index (χ1) is 8.47. The van der Waals surface area contributed by atoms with Crippen LogP contribution in [-0.4, -0.2) is 66.2 Å². The smallest absolute Gasteiger partial charge is 0.226 e. The summed E-state index contributed by atoms with van der Waals surface area (Å²) in [7, 11) is 4.00. The molecule has 104 valence electrons. The number of carbonyl (C=O) groups excluding carboxylic acids is 1. The molecule has 2 rings (SSSR count). The Labute approximate surface area is 109 Å². The van der Waals surface area contributed by atoms with Crippen LogP contribution in [0.25, 0.3) is 0 Å². The van der Waals surface area contributed by atoms with Crippen molar-refractivity contribution in [2.24, 2.45) is 11.7 Å². The van der Waals surface area contributed by atoms with E-state index < -0.39 is 0 Å². The Kier molecular flexibility index (Phi) is 4.25. The van der Waals surface area contributed by atoms with E-state index >= 15 is 0 Å². The predicted molar refractivity (Wildman–Crippen MR) is 70.0 cm³/mol. The minimum Gasteiger partial charge on any atom is -0.391 e. The molecule has 5 heteroatoms. The van der Waals surface area contributed by atoms with Crippen LogP contribution in [0.1, 0.15) is 25.7 Å². The zero-order chi connectivity index (χ0) is 13.3. The van der Waals surface area contributed by atoms with Crippen LogP contribution in [0, 0.1) is 5.92 Å². The standard InChI is InChI=1S/C13H25N3O2/c1-15(2)7-11-6-12(17)8-16(11)13(18)9-3-4-10(14)5-9/h9-12,17H,3-8,14H2,1-2H3. The van der Waals surface area contributed by atoms with Crippen LogP contribution in [0.2, 0.25) is 0 Å². The predicted octanol–water partition coefficient (Wildman–Crippen LogP) is -0.363. The van der Waals surface area contributed by atoms with Crippen LogP contribution in [-0.2, 0) is 4.79 Å². The molecule has 1 aliphatic carbocycles. The highest BCUT2D eigenvalue weighted by atomic mass is 16.3. The number of hydrogen-bond acceptors (Lipinski definition) is 4. The van der Waals surface area contributed by atoms with Crippen molar-refractivity contribution in [1.82, 2.24) is 9.80 Å². The fourth-order valence-electron chi connectivity index (χ4n) is 3.23. The third-order valence-electron chi connectivity index (χ3n) is 4.07. The summed E-state index contributed by atoms with van der Waals surface area (Å²) in [5, 5.41) is 9.79. The number of β-amino-alcohol motifs (C(OH)–C–C–N with tert-alkyl or cyclic N) is 1. The van der Waals surface area contributed by atoms with Crippen molar-refractivity contribution < 1.29 is 9.90 Å². The quantitative estimate of drug-likeness (QED) is 0.722. The third-order valence-corrected chi connectivity index (χ3v) is 4.07. The minimum atomic E-state index is -0.367. The highest BCUT2D eigenvalue weighted by molar-refractivity contribution is 5.80. The molecule has 0 spiro atoms. The fourth-order valence-corrected chi connectivity index (χ4v) is 3.23. The molecular weight excluding hydrogens is 230 g/mol. The summed E-state index contributed by atoms with van der Waals surface area (Å²) in [5.74, 6) is 0.279. The van der Waals surface area contributed by atoms with E-state index in [4.69, 9.17) is 5.73 Å². The molecule has 1 aliphatic heterocycles. The van der Waals surface area contributed by atoms with Crippen molar-refractivity contribution in [3.63, 3.8) is 0 Å². The van der Waals surface area contributed by atoms with Crippen LogP contribution >= 0.6 is 0 Å². The second-order valence-electron chi connectivity index (χ2n) is 6.07. The van der Waals surface area contributed by atoms with Gasteiger partial charge in [-0.05, 0) is 39.8 Å². The first-order valence-electron chi connectivity index (χ1n) is 6.86. The maximum absolute atomic E-state index is 12.5. The van der Waals surface area contributed by atoms with Crippen LogP contribution < -0.4 is 5.73 Å². The number of likely N-dealkylation sites (N-methyl/N-ethyl adjacent to an activating group) is 1. The van der Waals surface area contributed by atoms with Gasteiger partial charge in [-0.15, -0.1) is 0 Å². The zero-order valence-corrected chi connectivity index (χ0v) is 11.4. The normalized spacial score (nSPS) is 36.6. The summed E-state index contributed by atoms with van der Waals surface area (Å²) in [4.78, 5) is 16.4. The Morgan fingerprint density at radius 3 is 2.67 bits per heavy atom. The molecule has 2 aliphatic rings. The van der Waals surface area contributed by atoms with Crippen molar-refractivity contribution >= 4 is 5.91 Å². The summed E-state index contributed by atoms with van der Waals surface area (Å²) in [5.41, 5.74) is 5.88. The molecule has 3 N–H and O–H groups in total. The topological polar surface area (TPSA) is 69.8 Å². The highest BCUT2D eigenvalue weighted by Gasteiger charge is 2.39. The maximum atomic E-state index is 12.5. The van der Waals surface area contributed by atoms with Gasteiger partial charge in [-0.1, -0.05) is 0 Å². The van der Waals surface area contributed by atoms with Gasteiger partial charge in [-0.2, -0.15) is 0 Å². The summed E-state index contributed by atoms with van der Waals surface area (Å²) in [6.07, 6.45) is 2.99. The maximum Gasteiger partial charge on any atom is 0.226 e. The Bertz CT molecular complexity index is 309. The second kappa shape index (κ2) is 5.55. The molecule has 18 heavy (non-hydrogen) atoms. The molecule has 4 atom stereocenters. The van der Waals surface area contributed by atoms with Crippen molar-refractivity contribution in [2.75, 3.05) is 27.2 Å². The van der Waals surface area contributed by atoms with Crippen LogP contribution in [0.4, 0.5) is 0 Å². The molecule has 1 saturated heterocycles.